The first-order chi connectivity index (χ1) is 12.3. The number of hydrogen-bond donors (Lipinski definition) is 0. The van der Waals surface area contributed by atoms with Crippen molar-refractivity contribution in [2.75, 3.05) is 20.2 Å². The van der Waals surface area contributed by atoms with Crippen LogP contribution in [0.4, 0.5) is 4.79 Å². The lowest BCUT2D eigenvalue weighted by molar-refractivity contribution is -0.0222. The van der Waals surface area contributed by atoms with Crippen molar-refractivity contribution in [3.8, 4) is 5.75 Å². The number of methoxy groups -OCH3 is 1. The van der Waals surface area contributed by atoms with E-state index in [0.29, 0.717) is 18.8 Å². The molecule has 0 atom stereocenters. The number of likely N-dealkylation sites (tertiary alicyclic amines) is 1. The topological polar surface area (TPSA) is 78.0 Å². The minimum atomic E-state index is -0.503. The highest BCUT2D eigenvalue weighted by atomic mass is 16.6. The van der Waals surface area contributed by atoms with Crippen molar-refractivity contribution in [1.29, 1.82) is 0 Å². The Morgan fingerprint density at radius 1 is 1.11 bits per heavy atom. The van der Waals surface area contributed by atoms with Gasteiger partial charge in [0.05, 0.1) is 26.4 Å². The van der Waals surface area contributed by atoms with Crippen LogP contribution < -0.4 is 4.74 Å². The van der Waals surface area contributed by atoms with Crippen LogP contribution >= 0.6 is 0 Å². The van der Waals surface area contributed by atoms with E-state index in [4.69, 9.17) is 9.47 Å². The third-order valence-electron chi connectivity index (χ3n) is 2.93. The van der Waals surface area contributed by atoms with Crippen LogP contribution in [0, 0.1) is 0 Å². The Kier molecular flexibility index (Phi) is 12.9. The summed E-state index contributed by atoms with van der Waals surface area (Å²) in [5, 5.41) is 0. The second-order valence-electron chi connectivity index (χ2n) is 6.00. The Morgan fingerprint density at radius 3 is 2.07 bits per heavy atom. The summed E-state index contributed by atoms with van der Waals surface area (Å²) in [7, 11) is 1.30. The molecule has 1 saturated heterocycles. The molecule has 2 heterocycles. The van der Waals surface area contributed by atoms with Gasteiger partial charge in [-0.05, 0) is 32.9 Å². The maximum absolute atomic E-state index is 11.8. The van der Waals surface area contributed by atoms with Crippen molar-refractivity contribution in [2.45, 2.75) is 67.6 Å². The Hall–Kier alpha value is -2.31. The second kappa shape index (κ2) is 12.9. The molecular weight excluding hydrogens is 348 g/mol. The van der Waals surface area contributed by atoms with Gasteiger partial charge in [-0.25, -0.2) is 14.6 Å². The molecule has 0 spiro atoms. The smallest absolute Gasteiger partial charge is 0.410 e. The van der Waals surface area contributed by atoms with Gasteiger partial charge < -0.3 is 19.1 Å². The number of carbonyl (C=O) groups is 2. The van der Waals surface area contributed by atoms with Gasteiger partial charge in [-0.2, -0.15) is 0 Å². The number of amides is 1. The monoisotopic (exact) mass is 384 g/mol. The van der Waals surface area contributed by atoms with Gasteiger partial charge in [0.25, 0.3) is 0 Å². The average molecular weight is 385 g/mol. The van der Waals surface area contributed by atoms with E-state index >= 15 is 0 Å². The predicted octanol–water partition coefficient (Wildman–Crippen LogP) is 4.55. The third-order valence-corrected chi connectivity index (χ3v) is 2.93. The lowest BCUT2D eigenvalue weighted by Crippen LogP contribution is -2.57. The molecule has 0 unspecified atom stereocenters. The van der Waals surface area contributed by atoms with Gasteiger partial charge in [0.2, 0.25) is 0 Å². The van der Waals surface area contributed by atoms with Crippen molar-refractivity contribution >= 4 is 12.1 Å². The predicted molar refractivity (Wildman–Crippen MR) is 107 cm³/mol. The largest absolute Gasteiger partial charge is 0.485 e. The summed E-state index contributed by atoms with van der Waals surface area (Å²) in [5.41, 5.74) is -0.282. The fourth-order valence-corrected chi connectivity index (χ4v) is 1.86. The van der Waals surface area contributed by atoms with E-state index in [1.54, 1.807) is 11.0 Å². The third kappa shape index (κ3) is 9.26. The summed E-state index contributed by atoms with van der Waals surface area (Å²) < 4.78 is 15.5. The number of aromatic nitrogens is 1. The van der Waals surface area contributed by atoms with Crippen molar-refractivity contribution in [3.63, 3.8) is 0 Å². The van der Waals surface area contributed by atoms with E-state index in [2.05, 4.69) is 9.72 Å². The molecule has 156 valence electrons. The van der Waals surface area contributed by atoms with Gasteiger partial charge in [-0.3, -0.25) is 0 Å². The fraction of sp³-hybridized carbons (Fsp3) is 0.650. The fourth-order valence-electron chi connectivity index (χ4n) is 1.86. The quantitative estimate of drug-likeness (QED) is 0.711. The highest BCUT2D eigenvalue weighted by Gasteiger charge is 2.35. The minimum Gasteiger partial charge on any atom is -0.485 e. The molecule has 7 nitrogen and oxygen atoms in total. The SMILES string of the molecule is C.CC.CC.COC(=O)c1ccc(OC2CN(C(=O)OC(C)(C)C)C2)cn1. The van der Waals surface area contributed by atoms with Crippen molar-refractivity contribution in [3.05, 3.63) is 24.0 Å². The molecular formula is C20H36N2O5. The zero-order chi connectivity index (χ0) is 20.3. The lowest BCUT2D eigenvalue weighted by Gasteiger charge is -2.39. The Bertz CT molecular complexity index is 546. The van der Waals surface area contributed by atoms with E-state index in [-0.39, 0.29) is 25.3 Å². The van der Waals surface area contributed by atoms with Gasteiger partial charge in [0.15, 0.2) is 0 Å². The number of hydrogen-bond acceptors (Lipinski definition) is 6. The van der Waals surface area contributed by atoms with Gasteiger partial charge in [-0.1, -0.05) is 35.1 Å². The Labute approximate surface area is 164 Å². The zero-order valence-electron chi connectivity index (χ0n) is 17.2. The van der Waals surface area contributed by atoms with Crippen LogP contribution in [-0.2, 0) is 9.47 Å². The maximum Gasteiger partial charge on any atom is 0.410 e. The summed E-state index contributed by atoms with van der Waals surface area (Å²) in [4.78, 5) is 28.6. The zero-order valence-corrected chi connectivity index (χ0v) is 17.2. The van der Waals surface area contributed by atoms with Gasteiger partial charge in [0, 0.05) is 0 Å². The summed E-state index contributed by atoms with van der Waals surface area (Å²) >= 11 is 0. The van der Waals surface area contributed by atoms with E-state index in [1.807, 2.05) is 48.5 Å². The molecule has 0 saturated carbocycles. The molecule has 0 N–H and O–H groups in total. The molecule has 0 radical (unpaired) electrons. The molecule has 27 heavy (non-hydrogen) atoms. The summed E-state index contributed by atoms with van der Waals surface area (Å²) in [6, 6.07) is 3.18. The highest BCUT2D eigenvalue weighted by Crippen LogP contribution is 2.20. The molecule has 2 rings (SSSR count). The average Bonchev–Trinajstić information content (AvgIpc) is 2.59. The summed E-state index contributed by atoms with van der Waals surface area (Å²) in [6.45, 7) is 14.4. The second-order valence-corrected chi connectivity index (χ2v) is 6.00. The van der Waals surface area contributed by atoms with Gasteiger partial charge >= 0.3 is 12.1 Å². The van der Waals surface area contributed by atoms with Crippen LogP contribution in [0.15, 0.2) is 18.3 Å². The molecule has 7 heteroatoms. The van der Waals surface area contributed by atoms with Crippen LogP contribution in [0.5, 0.6) is 5.75 Å². The number of carbonyl (C=O) groups excluding carboxylic acids is 2. The van der Waals surface area contributed by atoms with E-state index in [9.17, 15) is 9.59 Å². The van der Waals surface area contributed by atoms with Gasteiger partial charge in [0.1, 0.15) is 23.1 Å². The summed E-state index contributed by atoms with van der Waals surface area (Å²) in [6.07, 6.45) is 1.02. The number of esters is 1. The van der Waals surface area contributed by atoms with Crippen LogP contribution in [-0.4, -0.2) is 53.9 Å². The number of pyridine rings is 1. The highest BCUT2D eigenvalue weighted by molar-refractivity contribution is 5.87. The normalized spacial score (nSPS) is 12.7. The molecule has 1 aromatic heterocycles. The molecule has 0 aliphatic carbocycles. The first-order valence-corrected chi connectivity index (χ1v) is 8.97. The number of nitrogens with zero attached hydrogens (tertiary/aromatic N) is 2. The van der Waals surface area contributed by atoms with Crippen LogP contribution in [0.3, 0.4) is 0 Å². The van der Waals surface area contributed by atoms with E-state index in [0.717, 1.165) is 0 Å². The van der Waals surface area contributed by atoms with Gasteiger partial charge in [-0.15, -0.1) is 0 Å². The maximum atomic E-state index is 11.8. The van der Waals surface area contributed by atoms with Crippen LogP contribution in [0.1, 0.15) is 66.4 Å². The molecule has 1 fully saturated rings. The summed E-state index contributed by atoms with van der Waals surface area (Å²) in [5.74, 6) is 0.0489. The first kappa shape index (κ1) is 26.9. The van der Waals surface area contributed by atoms with E-state index < -0.39 is 11.6 Å². The first-order valence-electron chi connectivity index (χ1n) is 8.97. The molecule has 1 aromatic rings. The molecule has 0 bridgehead atoms. The van der Waals surface area contributed by atoms with Crippen LogP contribution in [0.2, 0.25) is 0 Å². The standard InChI is InChI=1S/C15H20N2O5.2C2H6.CH4/c1-15(2,3)22-14(19)17-8-11(9-17)21-10-5-6-12(16-7-10)13(18)20-4;2*1-2;/h5-7,11H,8-9H2,1-4H3;2*1-2H3;1H4. The minimum absolute atomic E-state index is 0. The lowest BCUT2D eigenvalue weighted by atomic mass is 10.1. The van der Waals surface area contributed by atoms with Crippen molar-refractivity contribution in [2.24, 2.45) is 0 Å². The van der Waals surface area contributed by atoms with Crippen LogP contribution in [0.25, 0.3) is 0 Å². The molecule has 1 aliphatic heterocycles. The molecule has 0 aromatic carbocycles. The van der Waals surface area contributed by atoms with E-state index in [1.165, 1.54) is 19.4 Å². The number of rotatable bonds is 3. The van der Waals surface area contributed by atoms with Crippen molar-refractivity contribution < 1.29 is 23.8 Å². The number of ether oxygens (including phenoxy) is 3. The van der Waals surface area contributed by atoms with Crippen molar-refractivity contribution in [1.82, 2.24) is 9.88 Å². The Morgan fingerprint density at radius 2 is 1.67 bits per heavy atom. The molecule has 1 aliphatic rings. The molecule has 1 amide bonds. The Balaban J connectivity index is 0.